The molecule has 2 heteroatoms. The van der Waals surface area contributed by atoms with Crippen LogP contribution < -0.4 is 9.47 Å². The Morgan fingerprint density at radius 3 is 1.67 bits per heavy atom. The van der Waals surface area contributed by atoms with Crippen molar-refractivity contribution >= 4 is 0 Å². The van der Waals surface area contributed by atoms with Gasteiger partial charge >= 0.3 is 0 Å². The average molecular weight is 246 g/mol. The van der Waals surface area contributed by atoms with Crippen LogP contribution in [0.25, 0.3) is 0 Å². The maximum atomic E-state index is 6.07. The van der Waals surface area contributed by atoms with E-state index in [1.54, 1.807) is 0 Å². The first kappa shape index (κ1) is 11.9. The van der Waals surface area contributed by atoms with Crippen LogP contribution in [-0.2, 0) is 12.8 Å². The van der Waals surface area contributed by atoms with Crippen LogP contribution in [0.15, 0.2) is 12.1 Å². The summed E-state index contributed by atoms with van der Waals surface area (Å²) >= 11 is 0. The Labute approximate surface area is 109 Å². The molecule has 0 radical (unpaired) electrons. The van der Waals surface area contributed by atoms with E-state index in [-0.39, 0.29) is 11.2 Å². The van der Waals surface area contributed by atoms with E-state index in [9.17, 15) is 0 Å². The fraction of sp³-hybridized carbons (Fsp3) is 0.625. The molecule has 2 aliphatic heterocycles. The van der Waals surface area contributed by atoms with Crippen molar-refractivity contribution in [2.75, 3.05) is 0 Å². The summed E-state index contributed by atoms with van der Waals surface area (Å²) in [4.78, 5) is 0. The van der Waals surface area contributed by atoms with Gasteiger partial charge in [-0.25, -0.2) is 0 Å². The lowest BCUT2D eigenvalue weighted by atomic mass is 9.89. The zero-order valence-electron chi connectivity index (χ0n) is 11.8. The van der Waals surface area contributed by atoms with E-state index in [2.05, 4.69) is 39.8 Å². The minimum absolute atomic E-state index is 0.0502. The topological polar surface area (TPSA) is 18.5 Å². The zero-order chi connectivity index (χ0) is 13.0. The molecule has 0 N–H and O–H groups in total. The predicted octanol–water partition coefficient (Wildman–Crippen LogP) is 3.89. The molecule has 0 spiro atoms. The second-order valence-corrected chi connectivity index (χ2v) is 6.79. The molecule has 98 valence electrons. The first-order valence-corrected chi connectivity index (χ1v) is 6.89. The van der Waals surface area contributed by atoms with Crippen molar-refractivity contribution in [3.63, 3.8) is 0 Å². The molecule has 1 aromatic rings. The van der Waals surface area contributed by atoms with Gasteiger partial charge in [0, 0.05) is 6.07 Å². The second-order valence-electron chi connectivity index (χ2n) is 6.79. The number of hydrogen-bond acceptors (Lipinski definition) is 2. The van der Waals surface area contributed by atoms with Gasteiger partial charge in [0.05, 0.1) is 0 Å². The Morgan fingerprint density at radius 1 is 0.778 bits per heavy atom. The predicted molar refractivity (Wildman–Crippen MR) is 72.5 cm³/mol. The fourth-order valence-corrected chi connectivity index (χ4v) is 2.81. The molecule has 0 saturated carbocycles. The maximum Gasteiger partial charge on any atom is 0.127 e. The maximum absolute atomic E-state index is 6.07. The number of benzene rings is 1. The molecule has 3 rings (SSSR count). The van der Waals surface area contributed by atoms with E-state index in [1.807, 2.05) is 0 Å². The van der Waals surface area contributed by atoms with Gasteiger partial charge in [-0.15, -0.1) is 0 Å². The Kier molecular flexibility index (Phi) is 2.42. The monoisotopic (exact) mass is 246 g/mol. The molecule has 0 unspecified atom stereocenters. The minimum Gasteiger partial charge on any atom is -0.487 e. The Bertz CT molecular complexity index is 445. The molecule has 0 bridgehead atoms. The molecular weight excluding hydrogens is 224 g/mol. The SMILES string of the molecule is CC1(C)CCc2cc3c(cc2O1)OC(C)(C)CC3. The molecule has 0 amide bonds. The second kappa shape index (κ2) is 3.66. The number of rotatable bonds is 0. The number of ether oxygens (including phenoxy) is 2. The Hall–Kier alpha value is -1.18. The van der Waals surface area contributed by atoms with Crippen molar-refractivity contribution in [2.45, 2.75) is 64.6 Å². The molecule has 2 heterocycles. The van der Waals surface area contributed by atoms with Gasteiger partial charge in [-0.05, 0) is 70.6 Å². The van der Waals surface area contributed by atoms with Crippen LogP contribution in [0.2, 0.25) is 0 Å². The summed E-state index contributed by atoms with van der Waals surface area (Å²) in [6.45, 7) is 8.61. The summed E-state index contributed by atoms with van der Waals surface area (Å²) in [6, 6.07) is 4.39. The summed E-state index contributed by atoms with van der Waals surface area (Å²) in [5.41, 5.74) is 2.59. The van der Waals surface area contributed by atoms with Crippen molar-refractivity contribution in [3.8, 4) is 11.5 Å². The number of hydrogen-bond donors (Lipinski definition) is 0. The molecule has 0 aromatic heterocycles. The number of aryl methyl sites for hydroxylation is 2. The van der Waals surface area contributed by atoms with Crippen LogP contribution in [0, 0.1) is 0 Å². The lowest BCUT2D eigenvalue weighted by Crippen LogP contribution is -2.34. The third-order valence-corrected chi connectivity index (χ3v) is 4.01. The van der Waals surface area contributed by atoms with E-state index in [0.29, 0.717) is 0 Å². The van der Waals surface area contributed by atoms with E-state index in [0.717, 1.165) is 37.2 Å². The van der Waals surface area contributed by atoms with Gasteiger partial charge in [-0.1, -0.05) is 0 Å². The average Bonchev–Trinajstić information content (AvgIpc) is 2.24. The zero-order valence-corrected chi connectivity index (χ0v) is 11.8. The van der Waals surface area contributed by atoms with Crippen molar-refractivity contribution in [1.82, 2.24) is 0 Å². The van der Waals surface area contributed by atoms with E-state index >= 15 is 0 Å². The lowest BCUT2D eigenvalue weighted by Gasteiger charge is -2.36. The van der Waals surface area contributed by atoms with Crippen LogP contribution in [0.4, 0.5) is 0 Å². The molecule has 1 aromatic carbocycles. The molecule has 18 heavy (non-hydrogen) atoms. The van der Waals surface area contributed by atoms with Gasteiger partial charge in [0.1, 0.15) is 22.7 Å². The van der Waals surface area contributed by atoms with E-state index in [4.69, 9.17) is 9.47 Å². The Morgan fingerprint density at radius 2 is 1.22 bits per heavy atom. The van der Waals surface area contributed by atoms with Crippen LogP contribution >= 0.6 is 0 Å². The van der Waals surface area contributed by atoms with Crippen LogP contribution in [0.1, 0.15) is 51.7 Å². The molecule has 0 atom stereocenters. The molecule has 2 aliphatic rings. The first-order valence-electron chi connectivity index (χ1n) is 6.89. The van der Waals surface area contributed by atoms with E-state index in [1.165, 1.54) is 11.1 Å². The van der Waals surface area contributed by atoms with E-state index < -0.39 is 0 Å². The van der Waals surface area contributed by atoms with Gasteiger partial charge in [0.2, 0.25) is 0 Å². The highest BCUT2D eigenvalue weighted by Crippen LogP contribution is 2.41. The molecule has 0 fully saturated rings. The van der Waals surface area contributed by atoms with Crippen LogP contribution in [0.3, 0.4) is 0 Å². The highest BCUT2D eigenvalue weighted by atomic mass is 16.5. The third kappa shape index (κ3) is 2.09. The number of fused-ring (bicyclic) bond motifs is 2. The molecule has 0 saturated heterocycles. The minimum atomic E-state index is -0.0502. The Balaban J connectivity index is 1.99. The summed E-state index contributed by atoms with van der Waals surface area (Å²) in [5, 5.41) is 0. The molecule has 2 nitrogen and oxygen atoms in total. The highest BCUT2D eigenvalue weighted by molar-refractivity contribution is 5.49. The van der Waals surface area contributed by atoms with Crippen molar-refractivity contribution < 1.29 is 9.47 Å². The summed E-state index contributed by atoms with van der Waals surface area (Å²) in [6.07, 6.45) is 4.40. The fourth-order valence-electron chi connectivity index (χ4n) is 2.81. The van der Waals surface area contributed by atoms with Crippen LogP contribution in [0.5, 0.6) is 11.5 Å². The first-order chi connectivity index (χ1) is 8.35. The molecular formula is C16H22O2. The lowest BCUT2D eigenvalue weighted by molar-refractivity contribution is 0.0737. The van der Waals surface area contributed by atoms with Crippen molar-refractivity contribution in [2.24, 2.45) is 0 Å². The van der Waals surface area contributed by atoms with Crippen LogP contribution in [-0.4, -0.2) is 11.2 Å². The summed E-state index contributed by atoms with van der Waals surface area (Å²) in [5.74, 6) is 2.03. The van der Waals surface area contributed by atoms with Gasteiger partial charge in [-0.3, -0.25) is 0 Å². The summed E-state index contributed by atoms with van der Waals surface area (Å²) < 4.78 is 12.1. The normalized spacial score (nSPS) is 23.3. The molecule has 0 aliphatic carbocycles. The largest absolute Gasteiger partial charge is 0.487 e. The summed E-state index contributed by atoms with van der Waals surface area (Å²) in [7, 11) is 0. The van der Waals surface area contributed by atoms with Crippen molar-refractivity contribution in [3.05, 3.63) is 23.3 Å². The van der Waals surface area contributed by atoms with Gasteiger partial charge in [0.15, 0.2) is 0 Å². The third-order valence-electron chi connectivity index (χ3n) is 4.01. The van der Waals surface area contributed by atoms with Gasteiger partial charge in [0.25, 0.3) is 0 Å². The van der Waals surface area contributed by atoms with Crippen molar-refractivity contribution in [1.29, 1.82) is 0 Å². The highest BCUT2D eigenvalue weighted by Gasteiger charge is 2.31. The van der Waals surface area contributed by atoms with Gasteiger partial charge in [-0.2, -0.15) is 0 Å². The quantitative estimate of drug-likeness (QED) is 0.691. The smallest absolute Gasteiger partial charge is 0.127 e. The standard InChI is InChI=1S/C16H22O2/c1-15(2)7-5-11-9-12-6-8-16(3,4)18-14(12)10-13(11)17-15/h9-10H,5-8H2,1-4H3. The van der Waals surface area contributed by atoms with Gasteiger partial charge < -0.3 is 9.47 Å².